The average molecular weight is 284 g/mol. The molecule has 0 fully saturated rings. The SMILES string of the molecule is CCCn1cc(S(=O)(=O)Nc2cn[nH]c2)cc1CO. The molecule has 19 heavy (non-hydrogen) atoms. The molecule has 0 saturated carbocycles. The number of aromatic nitrogens is 3. The first-order chi connectivity index (χ1) is 9.06. The van der Waals surface area contributed by atoms with Crippen LogP contribution in [0.1, 0.15) is 19.0 Å². The van der Waals surface area contributed by atoms with Crippen LogP contribution in [0.2, 0.25) is 0 Å². The van der Waals surface area contributed by atoms with Gasteiger partial charge >= 0.3 is 0 Å². The Bertz CT molecular complexity index is 631. The van der Waals surface area contributed by atoms with Crippen LogP contribution < -0.4 is 4.72 Å². The van der Waals surface area contributed by atoms with Gasteiger partial charge in [0.25, 0.3) is 10.0 Å². The second-order valence-corrected chi connectivity index (χ2v) is 5.79. The number of anilines is 1. The van der Waals surface area contributed by atoms with Crippen molar-refractivity contribution in [3.63, 3.8) is 0 Å². The van der Waals surface area contributed by atoms with Gasteiger partial charge in [0, 0.05) is 24.6 Å². The number of aromatic amines is 1. The zero-order valence-corrected chi connectivity index (χ0v) is 11.3. The van der Waals surface area contributed by atoms with E-state index in [-0.39, 0.29) is 11.5 Å². The Labute approximate surface area is 111 Å². The van der Waals surface area contributed by atoms with Crippen molar-refractivity contribution >= 4 is 15.7 Å². The van der Waals surface area contributed by atoms with E-state index in [1.807, 2.05) is 6.92 Å². The minimum Gasteiger partial charge on any atom is -0.390 e. The van der Waals surface area contributed by atoms with E-state index in [1.54, 1.807) is 4.57 Å². The molecule has 0 bridgehead atoms. The van der Waals surface area contributed by atoms with Gasteiger partial charge in [-0.3, -0.25) is 9.82 Å². The van der Waals surface area contributed by atoms with Gasteiger partial charge in [0.2, 0.25) is 0 Å². The van der Waals surface area contributed by atoms with Crippen molar-refractivity contribution in [3.05, 3.63) is 30.4 Å². The molecule has 2 heterocycles. The standard InChI is InChI=1S/C11H16N4O3S/c1-2-3-15-7-11(4-10(15)8-16)19(17,18)14-9-5-12-13-6-9/h4-7,14,16H,2-3,8H2,1H3,(H,12,13). The molecule has 0 saturated heterocycles. The molecule has 2 aromatic rings. The third kappa shape index (κ3) is 2.96. The fourth-order valence-corrected chi connectivity index (χ4v) is 2.87. The highest BCUT2D eigenvalue weighted by Crippen LogP contribution is 2.18. The zero-order valence-electron chi connectivity index (χ0n) is 10.5. The summed E-state index contributed by atoms with van der Waals surface area (Å²) in [6.45, 7) is 2.46. The molecule has 0 aromatic carbocycles. The van der Waals surface area contributed by atoms with E-state index in [0.717, 1.165) is 6.42 Å². The molecule has 0 atom stereocenters. The average Bonchev–Trinajstić information content (AvgIpc) is 2.98. The maximum atomic E-state index is 12.1. The number of aryl methyl sites for hydroxylation is 1. The summed E-state index contributed by atoms with van der Waals surface area (Å²) in [5.41, 5.74) is 0.947. The molecule has 0 aliphatic rings. The molecule has 0 aliphatic heterocycles. The van der Waals surface area contributed by atoms with Gasteiger partial charge in [-0.2, -0.15) is 5.10 Å². The van der Waals surface area contributed by atoms with Crippen LogP contribution in [0.15, 0.2) is 29.6 Å². The Morgan fingerprint density at radius 1 is 1.53 bits per heavy atom. The molecule has 0 spiro atoms. The van der Waals surface area contributed by atoms with Crippen molar-refractivity contribution in [2.24, 2.45) is 0 Å². The van der Waals surface area contributed by atoms with Gasteiger partial charge in [0.05, 0.1) is 18.5 Å². The summed E-state index contributed by atoms with van der Waals surface area (Å²) >= 11 is 0. The number of hydrogen-bond donors (Lipinski definition) is 3. The molecule has 104 valence electrons. The monoisotopic (exact) mass is 284 g/mol. The number of hydrogen-bond acceptors (Lipinski definition) is 4. The summed E-state index contributed by atoms with van der Waals surface area (Å²) in [7, 11) is -3.66. The van der Waals surface area contributed by atoms with Gasteiger partial charge in [0.1, 0.15) is 4.90 Å². The molecule has 0 radical (unpaired) electrons. The second-order valence-electron chi connectivity index (χ2n) is 4.11. The molecule has 8 heteroatoms. The fourth-order valence-electron chi connectivity index (χ4n) is 1.77. The Morgan fingerprint density at radius 3 is 2.89 bits per heavy atom. The van der Waals surface area contributed by atoms with Crippen molar-refractivity contribution < 1.29 is 13.5 Å². The summed E-state index contributed by atoms with van der Waals surface area (Å²) in [5.74, 6) is 0. The van der Waals surface area contributed by atoms with E-state index in [1.165, 1.54) is 24.7 Å². The number of nitrogens with zero attached hydrogens (tertiary/aromatic N) is 2. The van der Waals surface area contributed by atoms with E-state index in [4.69, 9.17) is 0 Å². The number of aliphatic hydroxyl groups is 1. The van der Waals surface area contributed by atoms with Crippen LogP contribution in [0, 0.1) is 0 Å². The van der Waals surface area contributed by atoms with Gasteiger partial charge in [-0.05, 0) is 12.5 Å². The Kier molecular flexibility index (Phi) is 3.91. The van der Waals surface area contributed by atoms with Gasteiger partial charge < -0.3 is 9.67 Å². The third-order valence-corrected chi connectivity index (χ3v) is 4.00. The summed E-state index contributed by atoms with van der Waals surface area (Å²) in [5, 5.41) is 15.4. The van der Waals surface area contributed by atoms with Gasteiger partial charge in [-0.15, -0.1) is 0 Å². The Morgan fingerprint density at radius 2 is 2.32 bits per heavy atom. The van der Waals surface area contributed by atoms with Crippen molar-refractivity contribution in [3.8, 4) is 0 Å². The number of nitrogens with one attached hydrogen (secondary N) is 2. The number of H-pyrrole nitrogens is 1. The maximum absolute atomic E-state index is 12.1. The Balaban J connectivity index is 2.30. The van der Waals surface area contributed by atoms with Crippen molar-refractivity contribution in [1.82, 2.24) is 14.8 Å². The summed E-state index contributed by atoms with van der Waals surface area (Å²) < 4.78 is 28.4. The van der Waals surface area contributed by atoms with Crippen LogP contribution in [-0.2, 0) is 23.2 Å². The molecule has 2 rings (SSSR count). The van der Waals surface area contributed by atoms with E-state index in [2.05, 4.69) is 14.9 Å². The van der Waals surface area contributed by atoms with Gasteiger partial charge in [0.15, 0.2) is 0 Å². The predicted octanol–water partition coefficient (Wildman–Crippen LogP) is 0.914. The Hall–Kier alpha value is -1.80. The summed E-state index contributed by atoms with van der Waals surface area (Å²) in [4.78, 5) is 0.131. The summed E-state index contributed by atoms with van der Waals surface area (Å²) in [6, 6.07) is 1.47. The number of sulfonamides is 1. The minimum atomic E-state index is -3.66. The van der Waals surface area contributed by atoms with Crippen molar-refractivity contribution in [1.29, 1.82) is 0 Å². The quantitative estimate of drug-likeness (QED) is 0.734. The highest BCUT2D eigenvalue weighted by molar-refractivity contribution is 7.92. The van der Waals surface area contributed by atoms with E-state index < -0.39 is 10.0 Å². The van der Waals surface area contributed by atoms with E-state index >= 15 is 0 Å². The van der Waals surface area contributed by atoms with Gasteiger partial charge in [-0.25, -0.2) is 8.42 Å². The number of rotatable bonds is 6. The summed E-state index contributed by atoms with van der Waals surface area (Å²) in [6.07, 6.45) is 5.22. The topological polar surface area (TPSA) is 100 Å². The molecule has 0 amide bonds. The molecule has 3 N–H and O–H groups in total. The first kappa shape index (κ1) is 13.6. The first-order valence-corrected chi connectivity index (χ1v) is 7.36. The lowest BCUT2D eigenvalue weighted by atomic mass is 10.4. The fraction of sp³-hybridized carbons (Fsp3) is 0.364. The molecular formula is C11H16N4O3S. The lowest BCUT2D eigenvalue weighted by Gasteiger charge is -2.04. The lowest BCUT2D eigenvalue weighted by molar-refractivity contribution is 0.270. The minimum absolute atomic E-state index is 0.131. The first-order valence-electron chi connectivity index (χ1n) is 5.88. The molecule has 2 aromatic heterocycles. The predicted molar refractivity (Wildman–Crippen MR) is 70.0 cm³/mol. The second kappa shape index (κ2) is 5.45. The molecule has 0 aliphatic carbocycles. The van der Waals surface area contributed by atoms with E-state index in [9.17, 15) is 13.5 Å². The largest absolute Gasteiger partial charge is 0.390 e. The highest BCUT2D eigenvalue weighted by Gasteiger charge is 2.18. The van der Waals surface area contributed by atoms with E-state index in [0.29, 0.717) is 17.9 Å². The lowest BCUT2D eigenvalue weighted by Crippen LogP contribution is -2.11. The normalized spacial score (nSPS) is 11.7. The third-order valence-electron chi connectivity index (χ3n) is 2.65. The van der Waals surface area contributed by atoms with Gasteiger partial charge in [-0.1, -0.05) is 6.92 Å². The van der Waals surface area contributed by atoms with Crippen LogP contribution in [0.4, 0.5) is 5.69 Å². The van der Waals surface area contributed by atoms with Crippen LogP contribution in [-0.4, -0.2) is 28.3 Å². The van der Waals surface area contributed by atoms with Crippen molar-refractivity contribution in [2.75, 3.05) is 4.72 Å². The van der Waals surface area contributed by atoms with Crippen molar-refractivity contribution in [2.45, 2.75) is 31.4 Å². The molecule has 7 nitrogen and oxygen atoms in total. The highest BCUT2D eigenvalue weighted by atomic mass is 32.2. The molecule has 0 unspecified atom stereocenters. The zero-order chi connectivity index (χ0) is 13.9. The van der Waals surface area contributed by atoms with Crippen LogP contribution in [0.25, 0.3) is 0 Å². The maximum Gasteiger partial charge on any atom is 0.263 e. The molecular weight excluding hydrogens is 268 g/mol. The van der Waals surface area contributed by atoms with Crippen LogP contribution in [0.5, 0.6) is 0 Å². The number of aliphatic hydroxyl groups excluding tert-OH is 1. The van der Waals surface area contributed by atoms with Crippen LogP contribution in [0.3, 0.4) is 0 Å². The smallest absolute Gasteiger partial charge is 0.263 e. The van der Waals surface area contributed by atoms with Crippen LogP contribution >= 0.6 is 0 Å².